The number of carbonyl (C=O) groups is 2. The lowest BCUT2D eigenvalue weighted by Gasteiger charge is -2.27. The Morgan fingerprint density at radius 1 is 0.963 bits per heavy atom. The van der Waals surface area contributed by atoms with E-state index in [4.69, 9.17) is 4.74 Å². The maximum atomic E-state index is 12.0. The molecule has 144 valence electrons. The van der Waals surface area contributed by atoms with Crippen LogP contribution in [0.1, 0.15) is 18.1 Å². The van der Waals surface area contributed by atoms with Crippen molar-refractivity contribution in [2.45, 2.75) is 20.0 Å². The van der Waals surface area contributed by atoms with E-state index >= 15 is 0 Å². The molecule has 2 aromatic carbocycles. The van der Waals surface area contributed by atoms with Gasteiger partial charge < -0.3 is 20.5 Å². The molecule has 0 spiro atoms. The highest BCUT2D eigenvalue weighted by Gasteiger charge is 2.24. The Labute approximate surface area is 159 Å². The molecule has 6 nitrogen and oxygen atoms in total. The van der Waals surface area contributed by atoms with Gasteiger partial charge in [0, 0.05) is 12.0 Å². The van der Waals surface area contributed by atoms with E-state index in [1.54, 1.807) is 0 Å². The van der Waals surface area contributed by atoms with Crippen LogP contribution in [0.15, 0.2) is 60.7 Å². The zero-order valence-corrected chi connectivity index (χ0v) is 15.5. The summed E-state index contributed by atoms with van der Waals surface area (Å²) in [6.07, 6.45) is -0.0137. The molecule has 0 aromatic heterocycles. The highest BCUT2D eigenvalue weighted by Crippen LogP contribution is 2.21. The lowest BCUT2D eigenvalue weighted by molar-refractivity contribution is -0.120. The molecule has 1 atom stereocenters. The van der Waals surface area contributed by atoms with E-state index < -0.39 is 11.5 Å². The maximum absolute atomic E-state index is 12.0. The quantitative estimate of drug-likeness (QED) is 0.632. The SMILES string of the molecule is CC(CO)(CNC(=O)CNC(=O)OCc1ccccc1)Cc1ccccc1. The molecule has 0 aliphatic carbocycles. The highest BCUT2D eigenvalue weighted by molar-refractivity contribution is 5.82. The van der Waals surface area contributed by atoms with E-state index in [-0.39, 0.29) is 25.7 Å². The molecule has 1 unspecified atom stereocenters. The molecule has 0 saturated carbocycles. The molecule has 0 fully saturated rings. The van der Waals surface area contributed by atoms with Gasteiger partial charge in [-0.1, -0.05) is 67.6 Å². The van der Waals surface area contributed by atoms with Crippen molar-refractivity contribution in [2.24, 2.45) is 5.41 Å². The van der Waals surface area contributed by atoms with E-state index in [2.05, 4.69) is 10.6 Å². The number of hydrogen-bond acceptors (Lipinski definition) is 4. The number of rotatable bonds is 9. The van der Waals surface area contributed by atoms with Crippen LogP contribution in [0.2, 0.25) is 0 Å². The lowest BCUT2D eigenvalue weighted by atomic mass is 9.84. The molecular weight excluding hydrogens is 344 g/mol. The van der Waals surface area contributed by atoms with Gasteiger partial charge in [-0.2, -0.15) is 0 Å². The minimum Gasteiger partial charge on any atom is -0.445 e. The Hall–Kier alpha value is -2.86. The van der Waals surface area contributed by atoms with Gasteiger partial charge in [0.25, 0.3) is 0 Å². The fourth-order valence-electron chi connectivity index (χ4n) is 2.56. The van der Waals surface area contributed by atoms with Crippen molar-refractivity contribution in [1.82, 2.24) is 10.6 Å². The topological polar surface area (TPSA) is 87.7 Å². The average Bonchev–Trinajstić information content (AvgIpc) is 2.70. The Kier molecular flexibility index (Phi) is 7.82. The average molecular weight is 370 g/mol. The van der Waals surface area contributed by atoms with Crippen LogP contribution in [0.4, 0.5) is 4.79 Å². The van der Waals surface area contributed by atoms with Crippen LogP contribution in [-0.2, 0) is 22.6 Å². The molecule has 2 aromatic rings. The summed E-state index contributed by atoms with van der Waals surface area (Å²) < 4.78 is 5.05. The molecule has 2 amide bonds. The van der Waals surface area contributed by atoms with Crippen LogP contribution in [0, 0.1) is 5.41 Å². The highest BCUT2D eigenvalue weighted by atomic mass is 16.5. The van der Waals surface area contributed by atoms with Gasteiger partial charge in [-0.15, -0.1) is 0 Å². The molecule has 6 heteroatoms. The summed E-state index contributed by atoms with van der Waals surface area (Å²) in [5.74, 6) is -0.334. The predicted molar refractivity (Wildman–Crippen MR) is 103 cm³/mol. The van der Waals surface area contributed by atoms with Gasteiger partial charge >= 0.3 is 6.09 Å². The van der Waals surface area contributed by atoms with Crippen molar-refractivity contribution in [3.05, 3.63) is 71.8 Å². The summed E-state index contributed by atoms with van der Waals surface area (Å²) in [5.41, 5.74) is 1.48. The predicted octanol–water partition coefficient (Wildman–Crippen LogP) is 2.27. The molecule has 3 N–H and O–H groups in total. The third-order valence-electron chi connectivity index (χ3n) is 4.17. The first-order valence-corrected chi connectivity index (χ1v) is 8.87. The summed E-state index contributed by atoms with van der Waals surface area (Å²) in [6, 6.07) is 19.1. The standard InChI is InChI=1S/C21H26N2O4/c1-21(16-24,12-17-8-4-2-5-9-17)15-23-19(25)13-22-20(26)27-14-18-10-6-3-7-11-18/h2-11,24H,12-16H2,1H3,(H,22,26)(H,23,25). The van der Waals surface area contributed by atoms with Crippen molar-refractivity contribution >= 4 is 12.0 Å². The fourth-order valence-corrected chi connectivity index (χ4v) is 2.56. The van der Waals surface area contributed by atoms with Gasteiger partial charge in [-0.25, -0.2) is 4.79 Å². The second-order valence-electron chi connectivity index (χ2n) is 6.82. The first kappa shape index (κ1) is 20.5. The third kappa shape index (κ3) is 7.50. The van der Waals surface area contributed by atoms with Crippen molar-refractivity contribution < 1.29 is 19.4 Å². The number of benzene rings is 2. The number of amides is 2. The van der Waals surface area contributed by atoms with Gasteiger partial charge in [-0.05, 0) is 17.5 Å². The van der Waals surface area contributed by atoms with Crippen LogP contribution in [-0.4, -0.2) is 36.8 Å². The third-order valence-corrected chi connectivity index (χ3v) is 4.17. The zero-order valence-electron chi connectivity index (χ0n) is 15.5. The van der Waals surface area contributed by atoms with Crippen LogP contribution < -0.4 is 10.6 Å². The van der Waals surface area contributed by atoms with Crippen molar-refractivity contribution in [3.8, 4) is 0 Å². The zero-order chi connectivity index (χ0) is 19.5. The normalized spacial score (nSPS) is 12.7. The molecule has 0 radical (unpaired) electrons. The Morgan fingerprint density at radius 2 is 1.56 bits per heavy atom. The van der Waals surface area contributed by atoms with E-state index in [0.717, 1.165) is 11.1 Å². The van der Waals surface area contributed by atoms with E-state index in [1.807, 2.05) is 67.6 Å². The van der Waals surface area contributed by atoms with Gasteiger partial charge in [0.15, 0.2) is 0 Å². The van der Waals surface area contributed by atoms with E-state index in [0.29, 0.717) is 13.0 Å². The fraction of sp³-hybridized carbons (Fsp3) is 0.333. The molecule has 2 rings (SSSR count). The summed E-state index contributed by atoms with van der Waals surface area (Å²) >= 11 is 0. The first-order valence-electron chi connectivity index (χ1n) is 8.87. The van der Waals surface area contributed by atoms with Crippen molar-refractivity contribution in [1.29, 1.82) is 0 Å². The van der Waals surface area contributed by atoms with E-state index in [1.165, 1.54) is 0 Å². The van der Waals surface area contributed by atoms with Crippen LogP contribution >= 0.6 is 0 Å². The number of carbonyl (C=O) groups excluding carboxylic acids is 2. The first-order chi connectivity index (χ1) is 13.0. The molecule has 0 saturated heterocycles. The maximum Gasteiger partial charge on any atom is 0.407 e. The number of ether oxygens (including phenoxy) is 1. The summed E-state index contributed by atoms with van der Waals surface area (Å²) in [6.45, 7) is 2.11. The summed E-state index contributed by atoms with van der Waals surface area (Å²) in [7, 11) is 0. The largest absolute Gasteiger partial charge is 0.445 e. The van der Waals surface area contributed by atoms with Crippen LogP contribution in [0.5, 0.6) is 0 Å². The van der Waals surface area contributed by atoms with E-state index in [9.17, 15) is 14.7 Å². The number of alkyl carbamates (subject to hydrolysis) is 1. The summed E-state index contributed by atoms with van der Waals surface area (Å²) in [4.78, 5) is 23.6. The van der Waals surface area contributed by atoms with Gasteiger partial charge in [0.1, 0.15) is 6.61 Å². The Morgan fingerprint density at radius 3 is 2.15 bits per heavy atom. The molecular formula is C21H26N2O4. The Balaban J connectivity index is 1.70. The molecule has 0 aliphatic rings. The monoisotopic (exact) mass is 370 g/mol. The molecule has 27 heavy (non-hydrogen) atoms. The van der Waals surface area contributed by atoms with Crippen molar-refractivity contribution in [2.75, 3.05) is 19.7 Å². The number of aliphatic hydroxyl groups is 1. The van der Waals surface area contributed by atoms with Gasteiger partial charge in [-0.3, -0.25) is 4.79 Å². The lowest BCUT2D eigenvalue weighted by Crippen LogP contribution is -2.43. The second kappa shape index (κ2) is 10.3. The van der Waals surface area contributed by atoms with Crippen LogP contribution in [0.25, 0.3) is 0 Å². The minimum absolute atomic E-state index is 0.0608. The number of hydrogen-bond donors (Lipinski definition) is 3. The molecule has 0 aliphatic heterocycles. The summed E-state index contributed by atoms with van der Waals surface area (Å²) in [5, 5.41) is 14.9. The smallest absolute Gasteiger partial charge is 0.407 e. The van der Waals surface area contributed by atoms with Crippen molar-refractivity contribution in [3.63, 3.8) is 0 Å². The number of aliphatic hydroxyl groups excluding tert-OH is 1. The molecule has 0 heterocycles. The van der Waals surface area contributed by atoms with Crippen LogP contribution in [0.3, 0.4) is 0 Å². The Bertz CT molecular complexity index is 721. The minimum atomic E-state index is -0.650. The van der Waals surface area contributed by atoms with Gasteiger partial charge in [0.2, 0.25) is 5.91 Å². The molecule has 0 bridgehead atoms. The number of nitrogens with one attached hydrogen (secondary N) is 2. The second-order valence-corrected chi connectivity index (χ2v) is 6.82. The van der Waals surface area contributed by atoms with Gasteiger partial charge in [0.05, 0.1) is 13.2 Å².